The maximum absolute atomic E-state index is 13.0. The van der Waals surface area contributed by atoms with Gasteiger partial charge in [0.2, 0.25) is 5.91 Å². The van der Waals surface area contributed by atoms with Crippen molar-refractivity contribution in [3.63, 3.8) is 0 Å². The van der Waals surface area contributed by atoms with Crippen molar-refractivity contribution in [1.29, 1.82) is 5.26 Å². The number of hydrogen-bond donors (Lipinski definition) is 3. The number of carbonyl (C=O) groups excluding carboxylic acids is 1. The Kier molecular flexibility index (Phi) is 9.97. The van der Waals surface area contributed by atoms with E-state index in [1.807, 2.05) is 39.2 Å². The average molecular weight is 617 g/mol. The van der Waals surface area contributed by atoms with Crippen LogP contribution < -0.4 is 15.4 Å². The van der Waals surface area contributed by atoms with Gasteiger partial charge in [-0.1, -0.05) is 24.6 Å². The summed E-state index contributed by atoms with van der Waals surface area (Å²) < 4.78 is 7.61. The number of hydrogen-bond acceptors (Lipinski definition) is 9. The predicted octanol–water partition coefficient (Wildman–Crippen LogP) is 4.46. The number of halogens is 1. The van der Waals surface area contributed by atoms with Gasteiger partial charge in [-0.2, -0.15) is 10.4 Å². The smallest absolute Gasteiger partial charge is 0.248 e. The number of pyridine rings is 1. The van der Waals surface area contributed by atoms with E-state index in [4.69, 9.17) is 26.4 Å². The van der Waals surface area contributed by atoms with Gasteiger partial charge < -0.3 is 20.5 Å². The number of aryl methyl sites for hydroxylation is 2. The first-order valence-electron chi connectivity index (χ1n) is 14.8. The van der Waals surface area contributed by atoms with Crippen molar-refractivity contribution in [2.45, 2.75) is 20.3 Å². The van der Waals surface area contributed by atoms with E-state index in [0.29, 0.717) is 81.6 Å². The summed E-state index contributed by atoms with van der Waals surface area (Å²) in [6.07, 6.45) is 5.82. The maximum atomic E-state index is 13.0. The van der Waals surface area contributed by atoms with Crippen molar-refractivity contribution in [3.8, 4) is 11.8 Å². The molecule has 2 aromatic heterocycles. The third kappa shape index (κ3) is 6.95. The molecule has 3 heterocycles. The Morgan fingerprint density at radius 1 is 1.18 bits per heavy atom. The molecule has 0 unspecified atom stereocenters. The Hall–Kier alpha value is -4.21. The highest BCUT2D eigenvalue weighted by Crippen LogP contribution is 2.38. The van der Waals surface area contributed by atoms with Crippen molar-refractivity contribution >= 4 is 56.4 Å². The van der Waals surface area contributed by atoms with Crippen LogP contribution >= 0.6 is 11.6 Å². The van der Waals surface area contributed by atoms with Gasteiger partial charge in [0.25, 0.3) is 0 Å². The van der Waals surface area contributed by atoms with Crippen LogP contribution in [0.2, 0.25) is 5.02 Å². The number of aliphatic hydroxyl groups is 1. The van der Waals surface area contributed by atoms with E-state index in [-0.39, 0.29) is 12.5 Å². The van der Waals surface area contributed by atoms with Crippen LogP contribution in [0.15, 0.2) is 42.6 Å². The van der Waals surface area contributed by atoms with Crippen LogP contribution in [0.3, 0.4) is 0 Å². The maximum Gasteiger partial charge on any atom is 0.248 e. The second-order valence-electron chi connectivity index (χ2n) is 10.7. The number of aliphatic hydroxyl groups excluding tert-OH is 1. The number of rotatable bonds is 11. The number of nitrogens with one attached hydrogen (secondary N) is 2. The number of fused-ring (bicyclic) bond motifs is 2. The van der Waals surface area contributed by atoms with Gasteiger partial charge in [-0.25, -0.2) is 0 Å². The average Bonchev–Trinajstić information content (AvgIpc) is 3.39. The Bertz CT molecular complexity index is 1740. The van der Waals surface area contributed by atoms with Gasteiger partial charge in [0, 0.05) is 81.1 Å². The van der Waals surface area contributed by atoms with Crippen LogP contribution in [-0.2, 0) is 18.3 Å². The third-order valence-electron chi connectivity index (χ3n) is 7.63. The van der Waals surface area contributed by atoms with E-state index >= 15 is 0 Å². The number of ether oxygens (including phenoxy) is 1. The zero-order chi connectivity index (χ0) is 31.2. The minimum absolute atomic E-state index is 0.166. The highest BCUT2D eigenvalue weighted by atomic mass is 35.5. The number of benzene rings is 2. The molecule has 11 nitrogen and oxygen atoms in total. The molecule has 1 aliphatic rings. The Balaban J connectivity index is 1.45. The summed E-state index contributed by atoms with van der Waals surface area (Å²) in [5.41, 5.74) is 4.14. The molecular formula is C32H37ClN8O3. The van der Waals surface area contributed by atoms with Gasteiger partial charge in [0.1, 0.15) is 17.3 Å². The minimum atomic E-state index is -0.286. The number of β-amino-alcohol motifs (C(OH)–C–C–N with tert-alkyl or cyclic N) is 1. The predicted molar refractivity (Wildman–Crippen MR) is 174 cm³/mol. The molecule has 0 spiro atoms. The third-order valence-corrected chi connectivity index (χ3v) is 7.91. The molecule has 2 aromatic carbocycles. The first-order chi connectivity index (χ1) is 21.3. The molecule has 4 aromatic rings. The van der Waals surface area contributed by atoms with Gasteiger partial charge in [-0.3, -0.25) is 24.3 Å². The fourth-order valence-corrected chi connectivity index (χ4v) is 5.73. The standard InChI is InChI=1S/C32H37ClN8O3/c1-4-26-24(19-34)32(35-22-15-21-20-39(3)38-31(21)25(33)16-22)23-17-28(29(44-5-2)18-27(23)36-26)37-30(43)7-6-8-40-9-11-41(12-10-40)13-14-42/h6-7,15-18,20,42H,4-5,8-14H2,1-3H3,(H,35,36)(H,37,43)/b7-6+. The first-order valence-corrected chi connectivity index (χ1v) is 15.2. The summed E-state index contributed by atoms with van der Waals surface area (Å²) in [6.45, 7) is 9.30. The van der Waals surface area contributed by atoms with Crippen molar-refractivity contribution < 1.29 is 14.6 Å². The molecule has 12 heteroatoms. The summed E-state index contributed by atoms with van der Waals surface area (Å²) in [4.78, 5) is 22.3. The van der Waals surface area contributed by atoms with E-state index in [2.05, 4.69) is 31.6 Å². The van der Waals surface area contributed by atoms with Gasteiger partial charge in [-0.15, -0.1) is 0 Å². The van der Waals surface area contributed by atoms with Gasteiger partial charge in [-0.05, 0) is 31.5 Å². The normalized spacial score (nSPS) is 14.4. The highest BCUT2D eigenvalue weighted by Gasteiger charge is 2.20. The topological polar surface area (TPSA) is 132 Å². The molecule has 1 saturated heterocycles. The number of carbonyl (C=O) groups is 1. The molecule has 0 radical (unpaired) electrons. The molecule has 0 atom stereocenters. The number of amides is 1. The van der Waals surface area contributed by atoms with Crippen LogP contribution in [0, 0.1) is 11.3 Å². The zero-order valence-corrected chi connectivity index (χ0v) is 26.0. The fraction of sp³-hybridized carbons (Fsp3) is 0.375. The van der Waals surface area contributed by atoms with E-state index in [9.17, 15) is 10.1 Å². The number of nitrogens with zero attached hydrogens (tertiary/aromatic N) is 6. The van der Waals surface area contributed by atoms with Crippen molar-refractivity contribution in [2.24, 2.45) is 7.05 Å². The number of nitriles is 1. The summed E-state index contributed by atoms with van der Waals surface area (Å²) in [6, 6.07) is 9.64. The van der Waals surface area contributed by atoms with E-state index < -0.39 is 0 Å². The van der Waals surface area contributed by atoms with Crippen LogP contribution in [0.5, 0.6) is 5.75 Å². The van der Waals surface area contributed by atoms with E-state index in [1.54, 1.807) is 22.9 Å². The fourth-order valence-electron chi connectivity index (χ4n) is 5.47. The summed E-state index contributed by atoms with van der Waals surface area (Å²) in [5, 5.41) is 32.2. The molecule has 230 valence electrons. The van der Waals surface area contributed by atoms with Crippen molar-refractivity contribution in [2.75, 3.05) is 63.1 Å². The van der Waals surface area contributed by atoms with E-state index in [1.165, 1.54) is 6.08 Å². The quantitative estimate of drug-likeness (QED) is 0.209. The number of piperazine rings is 1. The van der Waals surface area contributed by atoms with Gasteiger partial charge in [0.15, 0.2) is 0 Å². The Morgan fingerprint density at radius 2 is 1.95 bits per heavy atom. The molecular weight excluding hydrogens is 580 g/mol. The van der Waals surface area contributed by atoms with Crippen LogP contribution in [0.1, 0.15) is 25.1 Å². The molecule has 3 N–H and O–H groups in total. The molecule has 1 amide bonds. The monoisotopic (exact) mass is 616 g/mol. The lowest BCUT2D eigenvalue weighted by molar-refractivity contribution is -0.111. The molecule has 44 heavy (non-hydrogen) atoms. The number of aromatic nitrogens is 3. The number of anilines is 3. The molecule has 5 rings (SSSR count). The van der Waals surface area contributed by atoms with E-state index in [0.717, 1.165) is 31.6 Å². The lowest BCUT2D eigenvalue weighted by atomic mass is 10.0. The van der Waals surface area contributed by atoms with Gasteiger partial charge in [0.05, 0.1) is 46.4 Å². The lowest BCUT2D eigenvalue weighted by Gasteiger charge is -2.33. The molecule has 1 aliphatic heterocycles. The Morgan fingerprint density at radius 3 is 2.66 bits per heavy atom. The second kappa shape index (κ2) is 14.1. The Labute approximate surface area is 261 Å². The first kappa shape index (κ1) is 31.2. The SMILES string of the molecule is CCOc1cc2nc(CC)c(C#N)c(Nc3cc(Cl)c4nn(C)cc4c3)c2cc1NC(=O)/C=C/CN1CCN(CCO)CC1. The molecule has 0 saturated carbocycles. The minimum Gasteiger partial charge on any atom is -0.492 e. The highest BCUT2D eigenvalue weighted by molar-refractivity contribution is 6.35. The van der Waals surface area contributed by atoms with Crippen LogP contribution in [0.25, 0.3) is 21.8 Å². The molecule has 0 aliphatic carbocycles. The summed E-state index contributed by atoms with van der Waals surface area (Å²) >= 11 is 6.56. The van der Waals surface area contributed by atoms with Crippen LogP contribution in [0.4, 0.5) is 17.1 Å². The zero-order valence-electron chi connectivity index (χ0n) is 25.2. The van der Waals surface area contributed by atoms with Crippen molar-refractivity contribution in [3.05, 3.63) is 58.9 Å². The second-order valence-corrected chi connectivity index (χ2v) is 11.1. The molecule has 1 fully saturated rings. The van der Waals surface area contributed by atoms with Crippen molar-refractivity contribution in [1.82, 2.24) is 24.6 Å². The van der Waals surface area contributed by atoms with Gasteiger partial charge >= 0.3 is 0 Å². The lowest BCUT2D eigenvalue weighted by Crippen LogP contribution is -2.47. The summed E-state index contributed by atoms with van der Waals surface area (Å²) in [5.74, 6) is 0.206. The summed E-state index contributed by atoms with van der Waals surface area (Å²) in [7, 11) is 1.84. The largest absolute Gasteiger partial charge is 0.492 e. The van der Waals surface area contributed by atoms with Crippen LogP contribution in [-0.4, -0.2) is 88.1 Å². The molecule has 0 bridgehead atoms.